The van der Waals surface area contributed by atoms with Crippen LogP contribution in [-0.4, -0.2) is 70.6 Å². The molecule has 0 amide bonds. The molecule has 0 spiro atoms. The molecule has 0 saturated carbocycles. The molecule has 2 aliphatic heterocycles. The zero-order chi connectivity index (χ0) is 16.5. The van der Waals surface area contributed by atoms with Crippen LogP contribution in [0.3, 0.4) is 0 Å². The minimum absolute atomic E-state index is 0.0368. The predicted octanol–water partition coefficient (Wildman–Crippen LogP) is 1.17. The Kier molecular flexibility index (Phi) is 4.43. The number of likely N-dealkylation sites (tertiary alicyclic amines) is 1. The lowest BCUT2D eigenvalue weighted by molar-refractivity contribution is 0.268. The summed E-state index contributed by atoms with van der Waals surface area (Å²) in [6.45, 7) is 7.34. The van der Waals surface area contributed by atoms with Crippen molar-refractivity contribution >= 4 is 11.5 Å². The summed E-state index contributed by atoms with van der Waals surface area (Å²) in [6.07, 6.45) is 2.54. The summed E-state index contributed by atoms with van der Waals surface area (Å²) in [6, 6.07) is 6.28. The van der Waals surface area contributed by atoms with Gasteiger partial charge in [-0.05, 0) is 45.1 Å². The number of rotatable bonds is 4. The Morgan fingerprint density at radius 2 is 1.79 bits per heavy atom. The van der Waals surface area contributed by atoms with E-state index in [0.717, 1.165) is 68.7 Å². The molecule has 0 radical (unpaired) electrons. The van der Waals surface area contributed by atoms with Gasteiger partial charge in [0.1, 0.15) is 11.5 Å². The molecule has 0 unspecified atom stereocenters. The van der Waals surface area contributed by atoms with Crippen molar-refractivity contribution in [3.8, 4) is 0 Å². The second-order valence-electron chi connectivity index (χ2n) is 7.01. The van der Waals surface area contributed by atoms with Gasteiger partial charge in [0, 0.05) is 32.7 Å². The lowest BCUT2D eigenvalue weighted by Gasteiger charge is -2.34. The monoisotopic (exact) mass is 329 g/mol. The quantitative estimate of drug-likeness (QED) is 0.913. The highest BCUT2D eigenvalue weighted by molar-refractivity contribution is 5.55. The summed E-state index contributed by atoms with van der Waals surface area (Å²) >= 11 is 0. The fraction of sp³-hybridized carbons (Fsp3) is 0.611. The molecule has 6 nitrogen and oxygen atoms in total. The Morgan fingerprint density at radius 1 is 1.04 bits per heavy atom. The predicted molar refractivity (Wildman–Crippen MR) is 95.3 cm³/mol. The molecule has 0 aromatic carbocycles. The molecule has 4 heterocycles. The van der Waals surface area contributed by atoms with E-state index >= 15 is 0 Å². The molecule has 0 atom stereocenters. The molecule has 2 fully saturated rings. The molecular weight excluding hydrogens is 302 g/mol. The van der Waals surface area contributed by atoms with Gasteiger partial charge in [-0.15, -0.1) is 0 Å². The van der Waals surface area contributed by atoms with Crippen LogP contribution in [0.5, 0.6) is 0 Å². The third kappa shape index (κ3) is 2.90. The third-order valence-corrected chi connectivity index (χ3v) is 5.35. The molecule has 130 valence electrons. The first-order chi connectivity index (χ1) is 11.8. The number of aliphatic hydroxyl groups excluding tert-OH is 1. The van der Waals surface area contributed by atoms with Crippen LogP contribution < -0.4 is 4.90 Å². The molecule has 2 aromatic rings. The molecule has 2 aromatic heterocycles. The van der Waals surface area contributed by atoms with Crippen LogP contribution >= 0.6 is 0 Å². The highest BCUT2D eigenvalue weighted by atomic mass is 16.3. The van der Waals surface area contributed by atoms with E-state index in [0.29, 0.717) is 0 Å². The fourth-order valence-corrected chi connectivity index (χ4v) is 3.91. The Balaban J connectivity index is 1.70. The Bertz CT molecular complexity index is 699. The fourth-order valence-electron chi connectivity index (χ4n) is 3.91. The van der Waals surface area contributed by atoms with Gasteiger partial charge in [-0.3, -0.25) is 9.30 Å². The smallest absolute Gasteiger partial charge is 0.138 e. The summed E-state index contributed by atoms with van der Waals surface area (Å²) in [5.74, 6) is 1.16. The van der Waals surface area contributed by atoms with Gasteiger partial charge in [-0.2, -0.15) is 0 Å². The zero-order valence-corrected chi connectivity index (χ0v) is 14.5. The largest absolute Gasteiger partial charge is 0.390 e. The van der Waals surface area contributed by atoms with Crippen LogP contribution in [0.2, 0.25) is 0 Å². The zero-order valence-electron chi connectivity index (χ0n) is 14.5. The van der Waals surface area contributed by atoms with E-state index in [1.807, 2.05) is 6.07 Å². The molecule has 2 aliphatic rings. The SMILES string of the molecule is CN1CCN(c2cccc3nc(CN4CCCC4)c(CO)n23)CC1. The third-order valence-electron chi connectivity index (χ3n) is 5.35. The minimum Gasteiger partial charge on any atom is -0.390 e. The number of piperazine rings is 1. The second kappa shape index (κ2) is 6.70. The van der Waals surface area contributed by atoms with Crippen LogP contribution in [0.4, 0.5) is 5.82 Å². The van der Waals surface area contributed by atoms with Crippen molar-refractivity contribution < 1.29 is 5.11 Å². The van der Waals surface area contributed by atoms with Crippen LogP contribution in [0, 0.1) is 0 Å². The maximum absolute atomic E-state index is 10.0. The highest BCUT2D eigenvalue weighted by Crippen LogP contribution is 2.24. The number of nitrogens with zero attached hydrogens (tertiary/aromatic N) is 5. The van der Waals surface area contributed by atoms with Gasteiger partial charge in [-0.25, -0.2) is 4.98 Å². The van der Waals surface area contributed by atoms with Crippen LogP contribution in [-0.2, 0) is 13.2 Å². The molecule has 4 rings (SSSR count). The van der Waals surface area contributed by atoms with Crippen molar-refractivity contribution in [1.29, 1.82) is 0 Å². The van der Waals surface area contributed by atoms with Crippen LogP contribution in [0.15, 0.2) is 18.2 Å². The normalized spacial score (nSPS) is 20.3. The van der Waals surface area contributed by atoms with E-state index in [1.165, 1.54) is 12.8 Å². The maximum atomic E-state index is 10.0. The van der Waals surface area contributed by atoms with Gasteiger partial charge < -0.3 is 14.9 Å². The number of hydrogen-bond acceptors (Lipinski definition) is 5. The summed E-state index contributed by atoms with van der Waals surface area (Å²) in [5.41, 5.74) is 2.93. The summed E-state index contributed by atoms with van der Waals surface area (Å²) in [4.78, 5) is 12.1. The second-order valence-corrected chi connectivity index (χ2v) is 7.01. The van der Waals surface area contributed by atoms with Crippen molar-refractivity contribution in [3.05, 3.63) is 29.6 Å². The van der Waals surface area contributed by atoms with E-state index in [2.05, 4.69) is 38.3 Å². The molecule has 1 N–H and O–H groups in total. The Labute approximate surface area is 143 Å². The average molecular weight is 329 g/mol. The molecule has 6 heteroatoms. The van der Waals surface area contributed by atoms with E-state index < -0.39 is 0 Å². The van der Waals surface area contributed by atoms with E-state index in [9.17, 15) is 5.11 Å². The lowest BCUT2D eigenvalue weighted by Crippen LogP contribution is -2.45. The molecule has 0 aliphatic carbocycles. The van der Waals surface area contributed by atoms with Crippen molar-refractivity contribution in [2.45, 2.75) is 26.0 Å². The number of hydrogen-bond donors (Lipinski definition) is 1. The summed E-state index contributed by atoms with van der Waals surface area (Å²) in [7, 11) is 2.17. The van der Waals surface area contributed by atoms with Gasteiger partial charge in [0.2, 0.25) is 0 Å². The van der Waals surface area contributed by atoms with E-state index in [-0.39, 0.29) is 6.61 Å². The number of aliphatic hydroxyl groups is 1. The summed E-state index contributed by atoms with van der Waals surface area (Å²) in [5, 5.41) is 10.0. The molecule has 2 saturated heterocycles. The van der Waals surface area contributed by atoms with Crippen molar-refractivity contribution in [1.82, 2.24) is 19.2 Å². The van der Waals surface area contributed by atoms with E-state index in [1.54, 1.807) is 0 Å². The molecular formula is C18H27N5O. The topological polar surface area (TPSA) is 47.2 Å². The standard InChI is InChI=1S/C18H27N5O/c1-20-9-11-22(12-10-20)18-6-4-5-17-19-15(16(14-24)23(17)18)13-21-7-2-3-8-21/h4-6,24H,2-3,7-14H2,1H3. The minimum atomic E-state index is 0.0368. The van der Waals surface area contributed by atoms with E-state index in [4.69, 9.17) is 4.98 Å². The average Bonchev–Trinajstić information content (AvgIpc) is 3.22. The van der Waals surface area contributed by atoms with Gasteiger partial charge in [0.05, 0.1) is 18.0 Å². The number of imidazole rings is 1. The van der Waals surface area contributed by atoms with Crippen LogP contribution in [0.1, 0.15) is 24.2 Å². The summed E-state index contributed by atoms with van der Waals surface area (Å²) < 4.78 is 2.16. The Morgan fingerprint density at radius 3 is 2.50 bits per heavy atom. The number of likely N-dealkylation sites (N-methyl/N-ethyl adjacent to an activating group) is 1. The number of anilines is 1. The Hall–Kier alpha value is -1.63. The van der Waals surface area contributed by atoms with Gasteiger partial charge in [0.25, 0.3) is 0 Å². The van der Waals surface area contributed by atoms with Gasteiger partial charge >= 0.3 is 0 Å². The highest BCUT2D eigenvalue weighted by Gasteiger charge is 2.22. The maximum Gasteiger partial charge on any atom is 0.138 e. The lowest BCUT2D eigenvalue weighted by atomic mass is 10.3. The van der Waals surface area contributed by atoms with Crippen molar-refractivity contribution in [2.75, 3.05) is 51.2 Å². The first-order valence-electron chi connectivity index (χ1n) is 9.02. The molecule has 24 heavy (non-hydrogen) atoms. The molecule has 0 bridgehead atoms. The number of fused-ring (bicyclic) bond motifs is 1. The number of pyridine rings is 1. The first kappa shape index (κ1) is 15.9. The van der Waals surface area contributed by atoms with Crippen LogP contribution in [0.25, 0.3) is 5.65 Å². The van der Waals surface area contributed by atoms with Crippen molar-refractivity contribution in [2.24, 2.45) is 0 Å². The van der Waals surface area contributed by atoms with Gasteiger partial charge in [-0.1, -0.05) is 6.07 Å². The number of aromatic nitrogens is 2. The first-order valence-corrected chi connectivity index (χ1v) is 9.02. The van der Waals surface area contributed by atoms with Gasteiger partial charge in [0.15, 0.2) is 0 Å². The van der Waals surface area contributed by atoms with Crippen molar-refractivity contribution in [3.63, 3.8) is 0 Å².